The summed E-state index contributed by atoms with van der Waals surface area (Å²) in [6.45, 7) is 0.388. The van der Waals surface area contributed by atoms with Gasteiger partial charge in [0, 0.05) is 11.1 Å². The van der Waals surface area contributed by atoms with Crippen LogP contribution in [0.15, 0.2) is 66.7 Å². The van der Waals surface area contributed by atoms with Gasteiger partial charge >= 0.3 is 0 Å². The number of methoxy groups -OCH3 is 2. The lowest BCUT2D eigenvalue weighted by atomic mass is 10.2. The maximum absolute atomic E-state index is 12.4. The number of halogens is 1. The van der Waals surface area contributed by atoms with Gasteiger partial charge in [-0.05, 0) is 59.7 Å². The van der Waals surface area contributed by atoms with Crippen LogP contribution in [0.4, 0.5) is 5.13 Å². The molecule has 3 aromatic carbocycles. The van der Waals surface area contributed by atoms with Crippen molar-refractivity contribution in [3.63, 3.8) is 0 Å². The highest BCUT2D eigenvalue weighted by Gasteiger charge is 2.08. The van der Waals surface area contributed by atoms with Gasteiger partial charge in [-0.15, -0.1) is 0 Å². The van der Waals surface area contributed by atoms with Crippen molar-refractivity contribution in [3.05, 3.63) is 82.9 Å². The lowest BCUT2D eigenvalue weighted by Crippen LogP contribution is -2.07. The Kier molecular flexibility index (Phi) is 7.12. The van der Waals surface area contributed by atoms with E-state index in [0.717, 1.165) is 27.1 Å². The first kappa shape index (κ1) is 22.6. The molecule has 1 amide bonds. The second-order valence-corrected chi connectivity index (χ2v) is 8.47. The van der Waals surface area contributed by atoms with Gasteiger partial charge in [0.15, 0.2) is 16.6 Å². The first-order valence-electron chi connectivity index (χ1n) is 10.0. The molecule has 1 heterocycles. The number of nitrogens with one attached hydrogen (secondary N) is 1. The monoisotopic (exact) mass is 480 g/mol. The number of amides is 1. The van der Waals surface area contributed by atoms with Crippen LogP contribution in [-0.4, -0.2) is 25.1 Å². The third-order valence-corrected chi connectivity index (χ3v) is 5.93. The lowest BCUT2D eigenvalue weighted by Gasteiger charge is -2.11. The number of carbonyl (C=O) groups is 1. The van der Waals surface area contributed by atoms with Crippen LogP contribution in [-0.2, 0) is 11.4 Å². The minimum absolute atomic E-state index is 0.275. The Labute approximate surface area is 200 Å². The van der Waals surface area contributed by atoms with Gasteiger partial charge < -0.3 is 14.2 Å². The molecular formula is C25H21ClN2O4S. The largest absolute Gasteiger partial charge is 0.497 e. The average molecular weight is 481 g/mol. The van der Waals surface area contributed by atoms with E-state index in [2.05, 4.69) is 10.3 Å². The zero-order chi connectivity index (χ0) is 23.2. The van der Waals surface area contributed by atoms with Crippen molar-refractivity contribution in [3.8, 4) is 17.2 Å². The van der Waals surface area contributed by atoms with E-state index in [-0.39, 0.29) is 5.91 Å². The Morgan fingerprint density at radius 2 is 1.85 bits per heavy atom. The minimum Gasteiger partial charge on any atom is -0.497 e. The fourth-order valence-electron chi connectivity index (χ4n) is 3.05. The molecule has 0 saturated carbocycles. The number of hydrogen-bond donors (Lipinski definition) is 1. The van der Waals surface area contributed by atoms with Gasteiger partial charge in [0.05, 0.1) is 24.4 Å². The van der Waals surface area contributed by atoms with Gasteiger partial charge in [-0.25, -0.2) is 4.98 Å². The second kappa shape index (κ2) is 10.4. The molecule has 0 atom stereocenters. The molecule has 0 radical (unpaired) electrons. The van der Waals surface area contributed by atoms with Gasteiger partial charge in [0.1, 0.15) is 12.4 Å². The summed E-state index contributed by atoms with van der Waals surface area (Å²) in [5.41, 5.74) is 2.60. The number of hydrogen-bond acceptors (Lipinski definition) is 6. The van der Waals surface area contributed by atoms with Gasteiger partial charge in [-0.1, -0.05) is 41.1 Å². The lowest BCUT2D eigenvalue weighted by molar-refractivity contribution is -0.111. The highest BCUT2D eigenvalue weighted by Crippen LogP contribution is 2.30. The normalized spacial score (nSPS) is 11.0. The van der Waals surface area contributed by atoms with Crippen molar-refractivity contribution in [1.29, 1.82) is 0 Å². The predicted molar refractivity (Wildman–Crippen MR) is 133 cm³/mol. The van der Waals surface area contributed by atoms with Crippen LogP contribution in [0.2, 0.25) is 5.02 Å². The molecule has 168 valence electrons. The molecule has 0 bridgehead atoms. The Bertz CT molecular complexity index is 1300. The van der Waals surface area contributed by atoms with Crippen molar-refractivity contribution in [1.82, 2.24) is 4.98 Å². The van der Waals surface area contributed by atoms with Crippen molar-refractivity contribution in [2.75, 3.05) is 19.5 Å². The van der Waals surface area contributed by atoms with Gasteiger partial charge in [0.2, 0.25) is 5.91 Å². The van der Waals surface area contributed by atoms with E-state index in [1.54, 1.807) is 20.3 Å². The highest BCUT2D eigenvalue weighted by molar-refractivity contribution is 7.22. The molecule has 4 aromatic rings. The minimum atomic E-state index is -0.275. The van der Waals surface area contributed by atoms with Gasteiger partial charge in [-0.2, -0.15) is 0 Å². The first-order valence-corrected chi connectivity index (χ1v) is 11.2. The Morgan fingerprint density at radius 3 is 2.61 bits per heavy atom. The van der Waals surface area contributed by atoms with Crippen molar-refractivity contribution >= 4 is 50.3 Å². The highest BCUT2D eigenvalue weighted by atomic mass is 35.5. The predicted octanol–water partition coefficient (Wildman–Crippen LogP) is 6.20. The molecule has 4 rings (SSSR count). The maximum atomic E-state index is 12.4. The zero-order valence-corrected chi connectivity index (χ0v) is 19.6. The van der Waals surface area contributed by atoms with Crippen LogP contribution in [0.1, 0.15) is 11.1 Å². The van der Waals surface area contributed by atoms with Crippen LogP contribution < -0.4 is 19.5 Å². The summed E-state index contributed by atoms with van der Waals surface area (Å²) in [5, 5.41) is 4.00. The fraction of sp³-hybridized carbons (Fsp3) is 0.120. The van der Waals surface area contributed by atoms with Crippen LogP contribution in [0.5, 0.6) is 17.2 Å². The number of thiazole rings is 1. The van der Waals surface area contributed by atoms with E-state index in [4.69, 9.17) is 25.8 Å². The third kappa shape index (κ3) is 5.83. The SMILES string of the molecule is COc1ccc2nc(NC(=O)/C=C/c3ccc(OCc4ccc(Cl)cc4)c(OC)c3)sc2c1. The van der Waals surface area contributed by atoms with Crippen LogP contribution in [0.3, 0.4) is 0 Å². The number of carbonyl (C=O) groups excluding carboxylic acids is 1. The fourth-order valence-corrected chi connectivity index (χ4v) is 4.08. The molecule has 0 fully saturated rings. The molecule has 1 aromatic heterocycles. The number of benzene rings is 3. The number of anilines is 1. The summed E-state index contributed by atoms with van der Waals surface area (Å²) < 4.78 is 17.5. The van der Waals surface area contributed by atoms with E-state index in [9.17, 15) is 4.79 Å². The van der Waals surface area contributed by atoms with Crippen molar-refractivity contribution < 1.29 is 19.0 Å². The van der Waals surface area contributed by atoms with E-state index >= 15 is 0 Å². The number of rotatable bonds is 8. The summed E-state index contributed by atoms with van der Waals surface area (Å²) >= 11 is 7.31. The summed E-state index contributed by atoms with van der Waals surface area (Å²) in [6, 6.07) is 18.5. The number of fused-ring (bicyclic) bond motifs is 1. The zero-order valence-electron chi connectivity index (χ0n) is 18.0. The second-order valence-electron chi connectivity index (χ2n) is 7.00. The topological polar surface area (TPSA) is 69.7 Å². The molecule has 0 saturated heterocycles. The van der Waals surface area contributed by atoms with Gasteiger partial charge in [-0.3, -0.25) is 10.1 Å². The number of aromatic nitrogens is 1. The number of ether oxygens (including phenoxy) is 3. The smallest absolute Gasteiger partial charge is 0.250 e. The van der Waals surface area contributed by atoms with Gasteiger partial charge in [0.25, 0.3) is 0 Å². The summed E-state index contributed by atoms with van der Waals surface area (Å²) in [7, 11) is 3.19. The molecule has 8 heteroatoms. The molecule has 0 unspecified atom stereocenters. The van der Waals surface area contributed by atoms with Crippen molar-refractivity contribution in [2.45, 2.75) is 6.61 Å². The van der Waals surface area contributed by atoms with E-state index in [1.165, 1.54) is 17.4 Å². The molecule has 33 heavy (non-hydrogen) atoms. The average Bonchev–Trinajstić information content (AvgIpc) is 3.23. The summed E-state index contributed by atoms with van der Waals surface area (Å²) in [5.74, 6) is 1.66. The Hall–Kier alpha value is -3.55. The summed E-state index contributed by atoms with van der Waals surface area (Å²) in [4.78, 5) is 16.8. The quantitative estimate of drug-likeness (QED) is 0.304. The van der Waals surface area contributed by atoms with Crippen LogP contribution in [0.25, 0.3) is 16.3 Å². The molecule has 1 N–H and O–H groups in total. The molecule has 6 nitrogen and oxygen atoms in total. The molecular weight excluding hydrogens is 460 g/mol. The molecule has 0 aliphatic carbocycles. The van der Waals surface area contributed by atoms with Crippen molar-refractivity contribution in [2.24, 2.45) is 0 Å². The first-order chi connectivity index (χ1) is 16.0. The van der Waals surface area contributed by atoms with Crippen LogP contribution >= 0.6 is 22.9 Å². The molecule has 0 aliphatic rings. The van der Waals surface area contributed by atoms with E-state index in [0.29, 0.717) is 28.3 Å². The molecule has 0 aliphatic heterocycles. The third-order valence-electron chi connectivity index (χ3n) is 4.75. The maximum Gasteiger partial charge on any atom is 0.250 e. The van der Waals surface area contributed by atoms with E-state index < -0.39 is 0 Å². The van der Waals surface area contributed by atoms with E-state index in [1.807, 2.05) is 60.7 Å². The Balaban J connectivity index is 1.39. The summed E-state index contributed by atoms with van der Waals surface area (Å²) in [6.07, 6.45) is 3.16. The molecule has 0 spiro atoms. The standard InChI is InChI=1S/C25H21ClN2O4S/c1-30-19-9-10-20-23(14-19)33-25(27-20)28-24(29)12-6-16-5-11-21(22(13-16)31-2)32-15-17-3-7-18(26)8-4-17/h3-14H,15H2,1-2H3,(H,27,28,29)/b12-6+. The Morgan fingerprint density at radius 1 is 1.03 bits per heavy atom. The number of nitrogens with zero attached hydrogens (tertiary/aromatic N) is 1. The van der Waals surface area contributed by atoms with Crippen LogP contribution in [0, 0.1) is 0 Å².